The summed E-state index contributed by atoms with van der Waals surface area (Å²) in [7, 11) is 0. The third kappa shape index (κ3) is 5.46. The van der Waals surface area contributed by atoms with E-state index in [1.54, 1.807) is 68.7 Å². The largest absolute Gasteiger partial charge is 0.391 e. The summed E-state index contributed by atoms with van der Waals surface area (Å²) >= 11 is 6.42. The van der Waals surface area contributed by atoms with Crippen molar-refractivity contribution >= 4 is 28.2 Å². The van der Waals surface area contributed by atoms with Crippen molar-refractivity contribution in [1.29, 1.82) is 0 Å². The summed E-state index contributed by atoms with van der Waals surface area (Å²) in [5.41, 5.74) is 1.66. The monoisotopic (exact) mass is 486 g/mol. The summed E-state index contributed by atoms with van der Waals surface area (Å²) in [6.07, 6.45) is -0.856. The Kier molecular flexibility index (Phi) is 6.47. The molecule has 0 fully saturated rings. The van der Waals surface area contributed by atoms with Crippen LogP contribution in [-0.4, -0.2) is 26.2 Å². The van der Waals surface area contributed by atoms with Crippen molar-refractivity contribution in [2.45, 2.75) is 38.1 Å². The quantitative estimate of drug-likeness (QED) is 0.318. The first-order chi connectivity index (χ1) is 16.0. The molecule has 1 atom stereocenters. The van der Waals surface area contributed by atoms with Gasteiger partial charge < -0.3 is 10.4 Å². The maximum Gasteiger partial charge on any atom is 0.391 e. The molecule has 9 heteroatoms. The molecule has 176 valence electrons. The predicted molar refractivity (Wildman–Crippen MR) is 127 cm³/mol. The Morgan fingerprint density at radius 2 is 1.62 bits per heavy atom. The highest BCUT2D eigenvalue weighted by molar-refractivity contribution is 6.34. The number of hydrogen-bond acceptors (Lipinski definition) is 5. The van der Waals surface area contributed by atoms with Crippen molar-refractivity contribution < 1.29 is 18.3 Å². The molecule has 4 aromatic rings. The summed E-state index contributed by atoms with van der Waals surface area (Å²) in [5, 5.41) is 13.9. The van der Waals surface area contributed by atoms with E-state index in [-0.39, 0.29) is 10.8 Å². The molecule has 0 amide bonds. The fourth-order valence-corrected chi connectivity index (χ4v) is 3.84. The fourth-order valence-electron chi connectivity index (χ4n) is 3.63. The van der Waals surface area contributed by atoms with E-state index in [2.05, 4.69) is 20.3 Å². The summed E-state index contributed by atoms with van der Waals surface area (Å²) in [6, 6.07) is 12.8. The van der Waals surface area contributed by atoms with Crippen molar-refractivity contribution in [2.75, 3.05) is 5.32 Å². The molecule has 4 rings (SSSR count). The lowest BCUT2D eigenvalue weighted by Gasteiger charge is -2.23. The molecule has 0 radical (unpaired) electrons. The van der Waals surface area contributed by atoms with Gasteiger partial charge in [-0.3, -0.25) is 4.98 Å². The average molecular weight is 487 g/mol. The van der Waals surface area contributed by atoms with E-state index in [9.17, 15) is 18.3 Å². The number of anilines is 1. The van der Waals surface area contributed by atoms with Gasteiger partial charge in [-0.15, -0.1) is 0 Å². The number of alkyl halides is 3. The molecular formula is C25H22ClF3N4O. The van der Waals surface area contributed by atoms with Crippen LogP contribution in [0.2, 0.25) is 5.02 Å². The van der Waals surface area contributed by atoms with E-state index in [1.165, 1.54) is 6.20 Å². The summed E-state index contributed by atoms with van der Waals surface area (Å²) in [5.74, 6) is 0.280. The van der Waals surface area contributed by atoms with E-state index in [0.717, 1.165) is 5.56 Å². The molecule has 0 saturated heterocycles. The van der Waals surface area contributed by atoms with E-state index < -0.39 is 24.2 Å². The SMILES string of the molecule is CC(C)(O)c1ncc(-c2ccc3ncc(Cl)c(NC(CC(F)(F)F)c4ccccc4)c3c2)cn1. The lowest BCUT2D eigenvalue weighted by Crippen LogP contribution is -2.20. The van der Waals surface area contributed by atoms with Crippen LogP contribution < -0.4 is 5.32 Å². The fraction of sp³-hybridized carbons (Fsp3) is 0.240. The molecule has 0 aliphatic heterocycles. The minimum absolute atomic E-state index is 0.210. The second kappa shape index (κ2) is 9.19. The number of benzene rings is 2. The van der Waals surface area contributed by atoms with Gasteiger partial charge >= 0.3 is 6.18 Å². The van der Waals surface area contributed by atoms with Crippen LogP contribution in [0.5, 0.6) is 0 Å². The van der Waals surface area contributed by atoms with Gasteiger partial charge in [-0.05, 0) is 37.1 Å². The zero-order chi connectivity index (χ0) is 24.5. The van der Waals surface area contributed by atoms with Gasteiger partial charge in [-0.25, -0.2) is 9.97 Å². The maximum absolute atomic E-state index is 13.4. The van der Waals surface area contributed by atoms with Gasteiger partial charge in [-0.2, -0.15) is 13.2 Å². The minimum Gasteiger partial charge on any atom is -0.382 e. The molecule has 0 aliphatic carbocycles. The number of hydrogen-bond donors (Lipinski definition) is 2. The molecule has 0 spiro atoms. The highest BCUT2D eigenvalue weighted by Crippen LogP contribution is 2.38. The number of aromatic nitrogens is 3. The normalized spacial score (nSPS) is 13.1. The number of nitrogens with one attached hydrogen (secondary N) is 1. The van der Waals surface area contributed by atoms with Crippen molar-refractivity contribution in [1.82, 2.24) is 15.0 Å². The number of halogens is 4. The predicted octanol–water partition coefficient (Wildman–Crippen LogP) is 6.68. The Hall–Kier alpha value is -3.23. The Labute approximate surface area is 199 Å². The molecule has 2 aromatic heterocycles. The maximum atomic E-state index is 13.4. The second-order valence-electron chi connectivity index (χ2n) is 8.49. The van der Waals surface area contributed by atoms with Crippen LogP contribution in [0.4, 0.5) is 18.9 Å². The first kappa shape index (κ1) is 23.9. The van der Waals surface area contributed by atoms with Crippen LogP contribution in [-0.2, 0) is 5.60 Å². The van der Waals surface area contributed by atoms with Crippen molar-refractivity contribution in [2.24, 2.45) is 0 Å². The molecule has 34 heavy (non-hydrogen) atoms. The number of pyridine rings is 1. The third-order valence-corrected chi connectivity index (χ3v) is 5.60. The number of rotatable bonds is 6. The van der Waals surface area contributed by atoms with Gasteiger partial charge in [0.2, 0.25) is 0 Å². The van der Waals surface area contributed by atoms with Gasteiger partial charge in [0, 0.05) is 29.5 Å². The lowest BCUT2D eigenvalue weighted by atomic mass is 10.0. The Balaban J connectivity index is 1.77. The summed E-state index contributed by atoms with van der Waals surface area (Å²) in [6.45, 7) is 3.18. The molecule has 5 nitrogen and oxygen atoms in total. The van der Waals surface area contributed by atoms with E-state index >= 15 is 0 Å². The number of fused-ring (bicyclic) bond motifs is 1. The van der Waals surface area contributed by atoms with Gasteiger partial charge in [0.15, 0.2) is 5.82 Å². The number of nitrogens with zero attached hydrogens (tertiary/aromatic N) is 3. The van der Waals surface area contributed by atoms with Crippen molar-refractivity contribution in [3.8, 4) is 11.1 Å². The van der Waals surface area contributed by atoms with Crippen LogP contribution in [0.15, 0.2) is 67.1 Å². The van der Waals surface area contributed by atoms with Crippen LogP contribution in [0.25, 0.3) is 22.0 Å². The third-order valence-electron chi connectivity index (χ3n) is 5.31. The lowest BCUT2D eigenvalue weighted by molar-refractivity contribution is -0.137. The Morgan fingerprint density at radius 1 is 0.941 bits per heavy atom. The van der Waals surface area contributed by atoms with Gasteiger partial charge in [0.1, 0.15) is 5.60 Å². The first-order valence-electron chi connectivity index (χ1n) is 10.5. The molecule has 0 saturated carbocycles. The van der Waals surface area contributed by atoms with Crippen molar-refractivity contribution in [3.63, 3.8) is 0 Å². The van der Waals surface area contributed by atoms with Gasteiger partial charge in [-0.1, -0.05) is 48.0 Å². The summed E-state index contributed by atoms with van der Waals surface area (Å²) in [4.78, 5) is 12.8. The van der Waals surface area contributed by atoms with E-state index in [1.807, 2.05) is 6.07 Å². The van der Waals surface area contributed by atoms with Crippen molar-refractivity contribution in [3.05, 3.63) is 83.5 Å². The highest BCUT2D eigenvalue weighted by atomic mass is 35.5. The molecule has 1 unspecified atom stereocenters. The minimum atomic E-state index is -4.38. The van der Waals surface area contributed by atoms with Crippen LogP contribution in [0, 0.1) is 0 Å². The van der Waals surface area contributed by atoms with Crippen LogP contribution in [0.1, 0.15) is 37.7 Å². The van der Waals surface area contributed by atoms with Crippen LogP contribution in [0.3, 0.4) is 0 Å². The highest BCUT2D eigenvalue weighted by Gasteiger charge is 2.33. The van der Waals surface area contributed by atoms with Gasteiger partial charge in [0.05, 0.1) is 28.7 Å². The zero-order valence-corrected chi connectivity index (χ0v) is 19.2. The topological polar surface area (TPSA) is 70.9 Å². The van der Waals surface area contributed by atoms with Crippen LogP contribution >= 0.6 is 11.6 Å². The molecule has 2 aromatic carbocycles. The Morgan fingerprint density at radius 3 is 2.24 bits per heavy atom. The standard InChI is InChI=1S/C25H22ClF3N4O/c1-24(2,34)23-31-12-17(13-32-23)16-8-9-20-18(10-16)22(19(26)14-30-20)33-21(11-25(27,28)29)15-6-4-3-5-7-15/h3-10,12-14,21,34H,11H2,1-2H3,(H,30,33). The molecule has 2 N–H and O–H groups in total. The molecule has 0 bridgehead atoms. The second-order valence-corrected chi connectivity index (χ2v) is 8.90. The zero-order valence-electron chi connectivity index (χ0n) is 18.4. The van der Waals surface area contributed by atoms with E-state index in [4.69, 9.17) is 11.6 Å². The summed E-state index contributed by atoms with van der Waals surface area (Å²) < 4.78 is 40.2. The molecular weight excluding hydrogens is 465 g/mol. The van der Waals surface area contributed by atoms with Gasteiger partial charge in [0.25, 0.3) is 0 Å². The first-order valence-corrected chi connectivity index (χ1v) is 10.9. The smallest absolute Gasteiger partial charge is 0.382 e. The van der Waals surface area contributed by atoms with E-state index in [0.29, 0.717) is 27.7 Å². The molecule has 2 heterocycles. The molecule has 0 aliphatic rings. The number of aliphatic hydroxyl groups is 1. The average Bonchev–Trinajstić information content (AvgIpc) is 2.79. The Bertz CT molecular complexity index is 1290.